The number of aryl methyl sites for hydroxylation is 1. The van der Waals surface area contributed by atoms with Gasteiger partial charge in [0, 0.05) is 31.8 Å². The van der Waals surface area contributed by atoms with Gasteiger partial charge in [-0.15, -0.1) is 0 Å². The van der Waals surface area contributed by atoms with Crippen molar-refractivity contribution in [2.45, 2.75) is 26.9 Å². The molecule has 1 atom stereocenters. The molecule has 0 fully saturated rings. The minimum atomic E-state index is 0.157. The first-order valence-electron chi connectivity index (χ1n) is 8.28. The van der Waals surface area contributed by atoms with Crippen molar-refractivity contribution in [3.05, 3.63) is 53.3 Å². The molecule has 0 aliphatic carbocycles. The van der Waals surface area contributed by atoms with Crippen LogP contribution in [0.5, 0.6) is 0 Å². The Hall–Kier alpha value is -2.07. The maximum atomic E-state index is 4.96. The third-order valence-electron chi connectivity index (χ3n) is 4.12. The Kier molecular flexibility index (Phi) is 5.61. The summed E-state index contributed by atoms with van der Waals surface area (Å²) in [6.07, 6.45) is 6.48. The van der Waals surface area contributed by atoms with Crippen molar-refractivity contribution in [1.29, 1.82) is 0 Å². The second kappa shape index (κ2) is 7.47. The van der Waals surface area contributed by atoms with Crippen LogP contribution in [-0.4, -0.2) is 43.3 Å². The van der Waals surface area contributed by atoms with Crippen molar-refractivity contribution in [1.82, 2.24) is 15.1 Å². The van der Waals surface area contributed by atoms with Gasteiger partial charge in [0.15, 0.2) is 0 Å². The molecule has 2 heterocycles. The maximum absolute atomic E-state index is 4.96. The summed E-state index contributed by atoms with van der Waals surface area (Å²) in [7, 11) is 6.18. The average molecular weight is 312 g/mol. The van der Waals surface area contributed by atoms with E-state index in [2.05, 4.69) is 72.7 Å². The minimum Gasteiger partial charge on any atom is -0.376 e. The van der Waals surface area contributed by atoms with Gasteiger partial charge in [-0.05, 0) is 31.8 Å². The van der Waals surface area contributed by atoms with E-state index in [0.29, 0.717) is 0 Å². The van der Waals surface area contributed by atoms with Gasteiger partial charge in [0.05, 0.1) is 5.69 Å². The summed E-state index contributed by atoms with van der Waals surface area (Å²) in [6, 6.07) is 6.38. The molecule has 23 heavy (non-hydrogen) atoms. The molecule has 0 spiro atoms. The molecule has 3 rings (SSSR count). The number of likely N-dealkylation sites (N-methyl/N-ethyl adjacent to an activating group) is 2. The summed E-state index contributed by atoms with van der Waals surface area (Å²) in [5, 5.41) is 3.40. The first kappa shape index (κ1) is 17.3. The number of hydrogen-bond donors (Lipinski definition) is 1. The van der Waals surface area contributed by atoms with Crippen LogP contribution in [-0.2, 0) is 0 Å². The van der Waals surface area contributed by atoms with Crippen LogP contribution < -0.4 is 5.32 Å². The van der Waals surface area contributed by atoms with E-state index in [1.54, 1.807) is 0 Å². The van der Waals surface area contributed by atoms with Gasteiger partial charge in [0.2, 0.25) is 0 Å². The van der Waals surface area contributed by atoms with Gasteiger partial charge in [-0.1, -0.05) is 38.1 Å². The molecule has 0 bridgehead atoms. The molecule has 1 unspecified atom stereocenters. The Balaban J connectivity index is 0.000000924. The number of allylic oxidation sites excluding steroid dienone is 2. The SMILES string of the molecule is CC.CNC1c2cccc(C)c2N=C(C2=CC=CN(C)C2)N1C. The summed E-state index contributed by atoms with van der Waals surface area (Å²) >= 11 is 0. The molecule has 1 aromatic rings. The zero-order chi connectivity index (χ0) is 17.0. The van der Waals surface area contributed by atoms with Crippen LogP contribution in [0.25, 0.3) is 0 Å². The van der Waals surface area contributed by atoms with Crippen LogP contribution in [0.15, 0.2) is 47.1 Å². The van der Waals surface area contributed by atoms with Gasteiger partial charge in [-0.25, -0.2) is 4.99 Å². The third kappa shape index (κ3) is 3.32. The molecule has 0 amide bonds. The number of rotatable bonds is 2. The van der Waals surface area contributed by atoms with Crippen molar-refractivity contribution in [2.24, 2.45) is 4.99 Å². The predicted molar refractivity (Wildman–Crippen MR) is 99.0 cm³/mol. The molecule has 1 N–H and O–H groups in total. The first-order valence-corrected chi connectivity index (χ1v) is 8.28. The van der Waals surface area contributed by atoms with Crippen molar-refractivity contribution < 1.29 is 0 Å². The van der Waals surface area contributed by atoms with Crippen LogP contribution in [0.4, 0.5) is 5.69 Å². The Morgan fingerprint density at radius 3 is 2.61 bits per heavy atom. The molecule has 1 aromatic carbocycles. The second-order valence-electron chi connectivity index (χ2n) is 5.70. The largest absolute Gasteiger partial charge is 0.376 e. The minimum absolute atomic E-state index is 0.157. The quantitative estimate of drug-likeness (QED) is 0.905. The van der Waals surface area contributed by atoms with Gasteiger partial charge < -0.3 is 9.80 Å². The molecule has 4 heteroatoms. The Bertz CT molecular complexity index is 643. The molecule has 2 aliphatic rings. The van der Waals surface area contributed by atoms with Crippen LogP contribution in [0.1, 0.15) is 31.1 Å². The fraction of sp³-hybridized carbons (Fsp3) is 0.421. The van der Waals surface area contributed by atoms with Crippen LogP contribution in [0, 0.1) is 6.92 Å². The van der Waals surface area contributed by atoms with Crippen LogP contribution >= 0.6 is 0 Å². The molecule has 0 saturated heterocycles. The van der Waals surface area contributed by atoms with E-state index >= 15 is 0 Å². The molecular weight excluding hydrogens is 284 g/mol. The topological polar surface area (TPSA) is 30.9 Å². The van der Waals surface area contributed by atoms with E-state index in [9.17, 15) is 0 Å². The first-order chi connectivity index (χ1) is 11.1. The van der Waals surface area contributed by atoms with E-state index in [1.165, 1.54) is 16.7 Å². The Morgan fingerprint density at radius 1 is 1.22 bits per heavy atom. The fourth-order valence-corrected chi connectivity index (χ4v) is 3.04. The van der Waals surface area contributed by atoms with Crippen molar-refractivity contribution in [3.63, 3.8) is 0 Å². The Morgan fingerprint density at radius 2 is 1.96 bits per heavy atom. The highest BCUT2D eigenvalue weighted by Gasteiger charge is 2.29. The van der Waals surface area contributed by atoms with Gasteiger partial charge in [-0.2, -0.15) is 0 Å². The second-order valence-corrected chi connectivity index (χ2v) is 5.70. The fourth-order valence-electron chi connectivity index (χ4n) is 3.04. The van der Waals surface area contributed by atoms with Crippen molar-refractivity contribution in [3.8, 4) is 0 Å². The summed E-state index contributed by atoms with van der Waals surface area (Å²) in [6.45, 7) is 7.01. The van der Waals surface area contributed by atoms with Gasteiger partial charge in [0.1, 0.15) is 12.0 Å². The van der Waals surface area contributed by atoms with Gasteiger partial charge in [0.25, 0.3) is 0 Å². The van der Waals surface area contributed by atoms with E-state index in [0.717, 1.165) is 18.1 Å². The number of nitrogens with zero attached hydrogens (tertiary/aromatic N) is 3. The number of amidine groups is 1. The lowest BCUT2D eigenvalue weighted by Gasteiger charge is -2.37. The van der Waals surface area contributed by atoms with Crippen LogP contribution in [0.3, 0.4) is 0 Å². The lowest BCUT2D eigenvalue weighted by molar-refractivity contribution is 0.324. The molecule has 0 saturated carbocycles. The number of fused-ring (bicyclic) bond motifs is 1. The van der Waals surface area contributed by atoms with Gasteiger partial charge >= 0.3 is 0 Å². The highest BCUT2D eigenvalue weighted by atomic mass is 15.3. The third-order valence-corrected chi connectivity index (χ3v) is 4.12. The highest BCUT2D eigenvalue weighted by Crippen LogP contribution is 2.36. The number of nitrogens with one attached hydrogen (secondary N) is 1. The number of benzene rings is 1. The predicted octanol–water partition coefficient (Wildman–Crippen LogP) is 3.60. The molecule has 2 aliphatic heterocycles. The standard InChI is InChI=1S/C17H22N4.C2H6/c1-12-7-5-9-14-15(12)19-16(21(4)17(14)18-2)13-8-6-10-20(3)11-13;1-2/h5-10,17-18H,11H2,1-4H3;1-2H3. The zero-order valence-corrected chi connectivity index (χ0v) is 15.1. The van der Waals surface area contributed by atoms with Crippen molar-refractivity contribution >= 4 is 11.5 Å². The number of hydrogen-bond acceptors (Lipinski definition) is 4. The molecule has 0 radical (unpaired) electrons. The number of aliphatic imine (C=N–C) groups is 1. The maximum Gasteiger partial charge on any atom is 0.135 e. The average Bonchev–Trinajstić information content (AvgIpc) is 2.56. The summed E-state index contributed by atoms with van der Waals surface area (Å²) in [5.74, 6) is 1.05. The smallest absolute Gasteiger partial charge is 0.135 e. The van der Waals surface area contributed by atoms with E-state index in [-0.39, 0.29) is 6.17 Å². The lowest BCUT2D eigenvalue weighted by Crippen LogP contribution is -2.42. The molecular formula is C19H28N4. The highest BCUT2D eigenvalue weighted by molar-refractivity contribution is 6.02. The molecule has 0 aromatic heterocycles. The normalized spacial score (nSPS) is 19.5. The number of para-hydroxylation sites is 1. The summed E-state index contributed by atoms with van der Waals surface area (Å²) in [5.41, 5.74) is 4.81. The van der Waals surface area contributed by atoms with Crippen LogP contribution in [0.2, 0.25) is 0 Å². The van der Waals surface area contributed by atoms with E-state index in [4.69, 9.17) is 4.99 Å². The van der Waals surface area contributed by atoms with Crippen molar-refractivity contribution in [2.75, 3.05) is 27.7 Å². The van der Waals surface area contributed by atoms with Gasteiger partial charge in [-0.3, -0.25) is 5.32 Å². The van der Waals surface area contributed by atoms with E-state index < -0.39 is 0 Å². The monoisotopic (exact) mass is 312 g/mol. The lowest BCUT2D eigenvalue weighted by atomic mass is 10.0. The zero-order valence-electron chi connectivity index (χ0n) is 15.1. The summed E-state index contributed by atoms with van der Waals surface area (Å²) in [4.78, 5) is 9.35. The molecule has 4 nitrogen and oxygen atoms in total. The summed E-state index contributed by atoms with van der Waals surface area (Å²) < 4.78 is 0. The Labute approximate surface area is 140 Å². The molecule has 124 valence electrons. The van der Waals surface area contributed by atoms with E-state index in [1.807, 2.05) is 20.9 Å².